The zero-order valence-corrected chi connectivity index (χ0v) is 22.5. The van der Waals surface area contributed by atoms with Crippen molar-refractivity contribution in [2.45, 2.75) is 65.2 Å². The number of hydrogen-bond acceptors (Lipinski definition) is 4. The van der Waals surface area contributed by atoms with E-state index < -0.39 is 0 Å². The summed E-state index contributed by atoms with van der Waals surface area (Å²) < 4.78 is 0. The molecule has 1 aromatic heterocycles. The van der Waals surface area contributed by atoms with E-state index in [1.165, 1.54) is 49.7 Å². The Morgan fingerprint density at radius 2 is 1.49 bits per heavy atom. The average molecular weight is 496 g/mol. The molecule has 1 saturated heterocycles. The minimum absolute atomic E-state index is 0.170. The number of aldehydes is 1. The summed E-state index contributed by atoms with van der Waals surface area (Å²) in [5.41, 5.74) is 7.02. The quantitative estimate of drug-likeness (QED) is 0.171. The normalized spacial score (nSPS) is 14.3. The van der Waals surface area contributed by atoms with Gasteiger partial charge in [-0.2, -0.15) is 0 Å². The Balaban J connectivity index is 1.28. The molecule has 0 aliphatic carbocycles. The summed E-state index contributed by atoms with van der Waals surface area (Å²) >= 11 is 0. The predicted molar refractivity (Wildman–Crippen MR) is 153 cm³/mol. The fourth-order valence-electron chi connectivity index (χ4n) is 5.01. The van der Waals surface area contributed by atoms with Crippen molar-refractivity contribution in [3.05, 3.63) is 84.3 Å². The van der Waals surface area contributed by atoms with E-state index in [1.54, 1.807) is 0 Å². The molecule has 0 unspecified atom stereocenters. The van der Waals surface area contributed by atoms with Gasteiger partial charge < -0.3 is 9.69 Å². The molecule has 4 rings (SSSR count). The molecule has 37 heavy (non-hydrogen) atoms. The number of unbranched alkanes of at least 4 members (excludes halogenated alkanes) is 5. The fraction of sp³-hybridized carbons (Fsp3) is 0.424. The van der Waals surface area contributed by atoms with E-state index in [1.807, 2.05) is 12.4 Å². The third-order valence-corrected chi connectivity index (χ3v) is 7.59. The first kappa shape index (κ1) is 26.8. The molecule has 4 nitrogen and oxygen atoms in total. The molecule has 1 aliphatic heterocycles. The number of carbonyl (C=O) groups is 1. The second-order valence-corrected chi connectivity index (χ2v) is 10.6. The van der Waals surface area contributed by atoms with Gasteiger partial charge in [-0.25, -0.2) is 9.97 Å². The molecule has 1 atom stereocenters. The molecule has 194 valence electrons. The molecule has 0 saturated carbocycles. The molecular formula is C33H41N3O. The molecule has 1 fully saturated rings. The standard InChI is InChI=1S/C33H41N3O/c1-4-5-6-7-8-9-10-27-11-15-30(16-12-27)32-20-34-33(35-21-32)31-17-13-28(14-18-31)19-25(2)26(3)36-22-29(23-36)24-37/h11-18,20-21,24-25,29H,3-10,19,22-23H2,1-2H3/t25-/m0/s1. The Hall–Kier alpha value is -3.27. The van der Waals surface area contributed by atoms with Crippen molar-refractivity contribution in [1.29, 1.82) is 0 Å². The zero-order chi connectivity index (χ0) is 26.0. The van der Waals surface area contributed by atoms with Crippen molar-refractivity contribution in [3.63, 3.8) is 0 Å². The maximum atomic E-state index is 10.9. The Morgan fingerprint density at radius 1 is 0.892 bits per heavy atom. The molecule has 0 radical (unpaired) electrons. The summed E-state index contributed by atoms with van der Waals surface area (Å²) in [6, 6.07) is 17.4. The predicted octanol–water partition coefficient (Wildman–Crippen LogP) is 7.54. The van der Waals surface area contributed by atoms with Gasteiger partial charge in [0.05, 0.1) is 0 Å². The third-order valence-electron chi connectivity index (χ3n) is 7.59. The van der Waals surface area contributed by atoms with Crippen molar-refractivity contribution in [3.8, 4) is 22.5 Å². The molecule has 0 bridgehead atoms. The van der Waals surface area contributed by atoms with Crippen molar-refractivity contribution < 1.29 is 4.79 Å². The van der Waals surface area contributed by atoms with E-state index >= 15 is 0 Å². The molecule has 2 heterocycles. The van der Waals surface area contributed by atoms with Crippen LogP contribution in [0.15, 0.2) is 73.2 Å². The number of allylic oxidation sites excluding steroid dienone is 1. The van der Waals surface area contributed by atoms with Gasteiger partial charge in [0.25, 0.3) is 0 Å². The van der Waals surface area contributed by atoms with Crippen LogP contribution in [0.4, 0.5) is 0 Å². The smallest absolute Gasteiger partial charge is 0.159 e. The Labute approximate surface area is 222 Å². The minimum atomic E-state index is 0.170. The van der Waals surface area contributed by atoms with Gasteiger partial charge in [0.15, 0.2) is 5.82 Å². The lowest BCUT2D eigenvalue weighted by Crippen LogP contribution is -2.47. The van der Waals surface area contributed by atoms with E-state index in [-0.39, 0.29) is 5.92 Å². The number of aryl methyl sites for hydroxylation is 1. The molecule has 1 aliphatic rings. The molecule has 0 spiro atoms. The average Bonchev–Trinajstić information content (AvgIpc) is 2.91. The summed E-state index contributed by atoms with van der Waals surface area (Å²) in [6.45, 7) is 10.3. The van der Waals surface area contributed by atoms with Crippen LogP contribution < -0.4 is 0 Å². The fourth-order valence-corrected chi connectivity index (χ4v) is 5.01. The van der Waals surface area contributed by atoms with Gasteiger partial charge in [-0.3, -0.25) is 0 Å². The van der Waals surface area contributed by atoms with Crippen LogP contribution in [0, 0.1) is 11.8 Å². The highest BCUT2D eigenvalue weighted by Crippen LogP contribution is 2.27. The Bertz CT molecular complexity index is 1130. The topological polar surface area (TPSA) is 46.1 Å². The molecule has 3 aromatic rings. The third kappa shape index (κ3) is 7.38. The molecule has 2 aromatic carbocycles. The number of benzene rings is 2. The lowest BCUT2D eigenvalue weighted by Gasteiger charge is -2.41. The summed E-state index contributed by atoms with van der Waals surface area (Å²) in [5.74, 6) is 1.25. The maximum absolute atomic E-state index is 10.9. The molecule has 4 heteroatoms. The van der Waals surface area contributed by atoms with Crippen molar-refractivity contribution in [2.75, 3.05) is 13.1 Å². The second-order valence-electron chi connectivity index (χ2n) is 10.6. The Kier molecular flexibility index (Phi) is 9.65. The summed E-state index contributed by atoms with van der Waals surface area (Å²) in [5, 5.41) is 0. The van der Waals surface area contributed by atoms with Crippen LogP contribution in [0.25, 0.3) is 22.5 Å². The van der Waals surface area contributed by atoms with Crippen LogP contribution in [0.1, 0.15) is 63.5 Å². The number of aromatic nitrogens is 2. The first-order valence-electron chi connectivity index (χ1n) is 14.0. The van der Waals surface area contributed by atoms with Gasteiger partial charge in [-0.15, -0.1) is 0 Å². The number of hydrogen-bond donors (Lipinski definition) is 0. The van der Waals surface area contributed by atoms with Crippen LogP contribution in [-0.2, 0) is 17.6 Å². The zero-order valence-electron chi connectivity index (χ0n) is 22.5. The first-order chi connectivity index (χ1) is 18.1. The SMILES string of the molecule is C=C([C@@H](C)Cc1ccc(-c2ncc(-c3ccc(CCCCCCCC)cc3)cn2)cc1)N1CC(C=O)C1. The van der Waals surface area contributed by atoms with Crippen molar-refractivity contribution in [2.24, 2.45) is 11.8 Å². The van der Waals surface area contributed by atoms with Crippen LogP contribution in [0.5, 0.6) is 0 Å². The lowest BCUT2D eigenvalue weighted by atomic mass is 9.93. The second kappa shape index (κ2) is 13.3. The van der Waals surface area contributed by atoms with Crippen LogP contribution in [-0.4, -0.2) is 34.2 Å². The summed E-state index contributed by atoms with van der Waals surface area (Å²) in [4.78, 5) is 22.4. The van der Waals surface area contributed by atoms with E-state index in [4.69, 9.17) is 0 Å². The number of nitrogens with zero attached hydrogens (tertiary/aromatic N) is 3. The van der Waals surface area contributed by atoms with E-state index in [0.717, 1.165) is 60.4 Å². The molecule has 0 amide bonds. The highest BCUT2D eigenvalue weighted by molar-refractivity contribution is 5.64. The lowest BCUT2D eigenvalue weighted by molar-refractivity contribution is -0.114. The molecular weight excluding hydrogens is 454 g/mol. The van der Waals surface area contributed by atoms with E-state index in [0.29, 0.717) is 5.92 Å². The largest absolute Gasteiger partial charge is 0.374 e. The number of rotatable bonds is 14. The van der Waals surface area contributed by atoms with Gasteiger partial charge >= 0.3 is 0 Å². The van der Waals surface area contributed by atoms with Gasteiger partial charge in [-0.05, 0) is 41.9 Å². The first-order valence-corrected chi connectivity index (χ1v) is 14.0. The van der Waals surface area contributed by atoms with Crippen molar-refractivity contribution >= 4 is 6.29 Å². The molecule has 0 N–H and O–H groups in total. The van der Waals surface area contributed by atoms with Gasteiger partial charge in [-0.1, -0.05) is 101 Å². The van der Waals surface area contributed by atoms with Gasteiger partial charge in [0, 0.05) is 48.2 Å². The summed E-state index contributed by atoms with van der Waals surface area (Å²) in [6.07, 6.45) is 15.0. The number of likely N-dealkylation sites (tertiary alicyclic amines) is 1. The van der Waals surface area contributed by atoms with Crippen LogP contribution in [0.3, 0.4) is 0 Å². The summed E-state index contributed by atoms with van der Waals surface area (Å²) in [7, 11) is 0. The minimum Gasteiger partial charge on any atom is -0.374 e. The van der Waals surface area contributed by atoms with Gasteiger partial charge in [0.2, 0.25) is 0 Å². The Morgan fingerprint density at radius 3 is 2.14 bits per heavy atom. The van der Waals surface area contributed by atoms with Crippen LogP contribution in [0.2, 0.25) is 0 Å². The van der Waals surface area contributed by atoms with Gasteiger partial charge in [0.1, 0.15) is 6.29 Å². The van der Waals surface area contributed by atoms with Crippen molar-refractivity contribution in [1.82, 2.24) is 14.9 Å². The maximum Gasteiger partial charge on any atom is 0.159 e. The number of carbonyl (C=O) groups excluding carboxylic acids is 1. The highest BCUT2D eigenvalue weighted by Gasteiger charge is 2.28. The monoisotopic (exact) mass is 495 g/mol. The van der Waals surface area contributed by atoms with E-state index in [2.05, 4.69) is 83.8 Å². The highest BCUT2D eigenvalue weighted by atomic mass is 16.1. The van der Waals surface area contributed by atoms with E-state index in [9.17, 15) is 4.79 Å². The van der Waals surface area contributed by atoms with Crippen LogP contribution >= 0.6 is 0 Å².